The van der Waals surface area contributed by atoms with Crippen molar-refractivity contribution in [3.63, 3.8) is 0 Å². The Hall–Kier alpha value is -1.25. The van der Waals surface area contributed by atoms with E-state index in [0.717, 1.165) is 17.3 Å². The molecular weight excluding hydrogens is 186 g/mol. The molecule has 0 amide bonds. The molecule has 15 heavy (non-hydrogen) atoms. The second-order valence-corrected chi connectivity index (χ2v) is 4.34. The number of anilines is 2. The van der Waals surface area contributed by atoms with Crippen LogP contribution in [0.2, 0.25) is 0 Å². The van der Waals surface area contributed by atoms with Crippen LogP contribution < -0.4 is 10.6 Å². The molecule has 1 atom stereocenters. The van der Waals surface area contributed by atoms with Gasteiger partial charge in [-0.3, -0.25) is 4.98 Å². The molecule has 0 aliphatic heterocycles. The van der Waals surface area contributed by atoms with E-state index in [1.165, 1.54) is 19.3 Å². The Bertz CT molecular complexity index is 320. The summed E-state index contributed by atoms with van der Waals surface area (Å²) in [6, 6.07) is 2.66. The minimum atomic E-state index is 0.563. The summed E-state index contributed by atoms with van der Waals surface area (Å²) in [5.74, 6) is 0.850. The molecule has 1 aliphatic rings. The molecule has 1 fully saturated rings. The van der Waals surface area contributed by atoms with E-state index in [1.807, 2.05) is 19.4 Å². The van der Waals surface area contributed by atoms with Gasteiger partial charge in [-0.1, -0.05) is 6.42 Å². The number of hydrogen-bond donors (Lipinski definition) is 2. The van der Waals surface area contributed by atoms with Crippen LogP contribution in [0.25, 0.3) is 0 Å². The predicted octanol–water partition coefficient (Wildman–Crippen LogP) is 2.72. The van der Waals surface area contributed by atoms with Crippen LogP contribution in [0.1, 0.15) is 26.2 Å². The lowest BCUT2D eigenvalue weighted by molar-refractivity contribution is 0.285. The molecule has 82 valence electrons. The Labute approximate surface area is 91.3 Å². The number of pyridine rings is 1. The van der Waals surface area contributed by atoms with E-state index in [-0.39, 0.29) is 0 Å². The van der Waals surface area contributed by atoms with Crippen molar-refractivity contribution in [2.75, 3.05) is 17.7 Å². The maximum atomic E-state index is 4.19. The standard InChI is InChI=1S/C12H19N3/c1-9(10-4-3-5-10)15-12-6-11(13-2)7-14-8-12/h6-10,13,15H,3-5H2,1-2H3. The highest BCUT2D eigenvalue weighted by Gasteiger charge is 2.23. The molecule has 0 radical (unpaired) electrons. The number of nitrogens with zero attached hydrogens (tertiary/aromatic N) is 1. The molecule has 1 aromatic heterocycles. The third-order valence-corrected chi connectivity index (χ3v) is 3.28. The zero-order valence-corrected chi connectivity index (χ0v) is 9.46. The molecule has 0 saturated heterocycles. The molecule has 2 rings (SSSR count). The molecule has 0 aromatic carbocycles. The Morgan fingerprint density at radius 2 is 2.07 bits per heavy atom. The van der Waals surface area contributed by atoms with Crippen molar-refractivity contribution in [3.8, 4) is 0 Å². The van der Waals surface area contributed by atoms with E-state index in [1.54, 1.807) is 0 Å². The fourth-order valence-corrected chi connectivity index (χ4v) is 1.98. The topological polar surface area (TPSA) is 37.0 Å². The second kappa shape index (κ2) is 4.51. The van der Waals surface area contributed by atoms with E-state index < -0.39 is 0 Å². The third-order valence-electron chi connectivity index (χ3n) is 3.28. The highest BCUT2D eigenvalue weighted by molar-refractivity contribution is 5.54. The average molecular weight is 205 g/mol. The van der Waals surface area contributed by atoms with Crippen LogP contribution >= 0.6 is 0 Å². The first-order valence-corrected chi connectivity index (χ1v) is 5.69. The molecule has 0 spiro atoms. The van der Waals surface area contributed by atoms with Gasteiger partial charge >= 0.3 is 0 Å². The van der Waals surface area contributed by atoms with E-state index in [2.05, 4.69) is 28.6 Å². The maximum Gasteiger partial charge on any atom is 0.0549 e. The lowest BCUT2D eigenvalue weighted by Crippen LogP contribution is -2.30. The zero-order chi connectivity index (χ0) is 10.7. The van der Waals surface area contributed by atoms with Gasteiger partial charge < -0.3 is 10.6 Å². The van der Waals surface area contributed by atoms with E-state index in [4.69, 9.17) is 0 Å². The SMILES string of the molecule is CNc1cncc(NC(C)C2CCC2)c1. The summed E-state index contributed by atoms with van der Waals surface area (Å²) >= 11 is 0. The summed E-state index contributed by atoms with van der Waals surface area (Å²) in [5.41, 5.74) is 2.17. The van der Waals surface area contributed by atoms with Crippen LogP contribution in [0.5, 0.6) is 0 Å². The summed E-state index contributed by atoms with van der Waals surface area (Å²) in [7, 11) is 1.91. The van der Waals surface area contributed by atoms with Gasteiger partial charge in [0.25, 0.3) is 0 Å². The summed E-state index contributed by atoms with van der Waals surface area (Å²) in [6.07, 6.45) is 7.85. The molecule has 3 heteroatoms. The van der Waals surface area contributed by atoms with Crippen LogP contribution in [0, 0.1) is 5.92 Å². The van der Waals surface area contributed by atoms with Crippen molar-refractivity contribution in [2.24, 2.45) is 5.92 Å². The zero-order valence-electron chi connectivity index (χ0n) is 9.46. The summed E-state index contributed by atoms with van der Waals surface area (Å²) in [5, 5.41) is 6.61. The largest absolute Gasteiger partial charge is 0.387 e. The molecule has 3 nitrogen and oxygen atoms in total. The molecule has 1 aromatic rings. The highest BCUT2D eigenvalue weighted by Crippen LogP contribution is 2.31. The van der Waals surface area contributed by atoms with Gasteiger partial charge in [0, 0.05) is 13.1 Å². The first-order chi connectivity index (χ1) is 7.29. The Morgan fingerprint density at radius 3 is 2.67 bits per heavy atom. The minimum absolute atomic E-state index is 0.563. The fourth-order valence-electron chi connectivity index (χ4n) is 1.98. The van der Waals surface area contributed by atoms with Crippen molar-refractivity contribution >= 4 is 11.4 Å². The van der Waals surface area contributed by atoms with Crippen molar-refractivity contribution in [1.29, 1.82) is 0 Å². The molecule has 2 N–H and O–H groups in total. The van der Waals surface area contributed by atoms with Gasteiger partial charge in [-0.2, -0.15) is 0 Å². The van der Waals surface area contributed by atoms with Gasteiger partial charge in [0.1, 0.15) is 0 Å². The highest BCUT2D eigenvalue weighted by atomic mass is 14.9. The monoisotopic (exact) mass is 205 g/mol. The molecule has 1 heterocycles. The normalized spacial score (nSPS) is 18.0. The predicted molar refractivity (Wildman–Crippen MR) is 64.2 cm³/mol. The maximum absolute atomic E-state index is 4.19. The van der Waals surface area contributed by atoms with Gasteiger partial charge in [0.2, 0.25) is 0 Å². The van der Waals surface area contributed by atoms with E-state index >= 15 is 0 Å². The van der Waals surface area contributed by atoms with Crippen LogP contribution in [-0.4, -0.2) is 18.1 Å². The number of nitrogens with one attached hydrogen (secondary N) is 2. The first-order valence-electron chi connectivity index (χ1n) is 5.69. The van der Waals surface area contributed by atoms with Gasteiger partial charge in [0.15, 0.2) is 0 Å². The summed E-state index contributed by atoms with van der Waals surface area (Å²) in [4.78, 5) is 4.19. The van der Waals surface area contributed by atoms with E-state index in [9.17, 15) is 0 Å². The van der Waals surface area contributed by atoms with Crippen molar-refractivity contribution in [2.45, 2.75) is 32.2 Å². The lowest BCUT2D eigenvalue weighted by atomic mass is 9.80. The molecule has 0 bridgehead atoms. The molecule has 1 aliphatic carbocycles. The number of hydrogen-bond acceptors (Lipinski definition) is 3. The Morgan fingerprint density at radius 1 is 1.33 bits per heavy atom. The Balaban J connectivity index is 1.96. The van der Waals surface area contributed by atoms with Crippen LogP contribution in [0.4, 0.5) is 11.4 Å². The lowest BCUT2D eigenvalue weighted by Gasteiger charge is -2.32. The summed E-state index contributed by atoms with van der Waals surface area (Å²) < 4.78 is 0. The fraction of sp³-hybridized carbons (Fsp3) is 0.583. The van der Waals surface area contributed by atoms with Crippen molar-refractivity contribution in [3.05, 3.63) is 18.5 Å². The van der Waals surface area contributed by atoms with Gasteiger partial charge in [0.05, 0.1) is 23.8 Å². The van der Waals surface area contributed by atoms with Gasteiger partial charge in [-0.25, -0.2) is 0 Å². The molecule has 1 unspecified atom stereocenters. The molecule has 1 saturated carbocycles. The van der Waals surface area contributed by atoms with Gasteiger partial charge in [-0.05, 0) is 31.7 Å². The minimum Gasteiger partial charge on any atom is -0.387 e. The van der Waals surface area contributed by atoms with Crippen LogP contribution in [0.15, 0.2) is 18.5 Å². The Kier molecular flexibility index (Phi) is 3.09. The third kappa shape index (κ3) is 2.41. The number of rotatable bonds is 4. The molecular formula is C12H19N3. The van der Waals surface area contributed by atoms with Crippen LogP contribution in [-0.2, 0) is 0 Å². The number of aromatic nitrogens is 1. The van der Waals surface area contributed by atoms with Gasteiger partial charge in [-0.15, -0.1) is 0 Å². The smallest absolute Gasteiger partial charge is 0.0549 e. The summed E-state index contributed by atoms with van der Waals surface area (Å²) in [6.45, 7) is 2.26. The van der Waals surface area contributed by atoms with E-state index in [0.29, 0.717) is 6.04 Å². The second-order valence-electron chi connectivity index (χ2n) is 4.34. The first kappa shape index (κ1) is 10.3. The quantitative estimate of drug-likeness (QED) is 0.793. The van der Waals surface area contributed by atoms with Crippen molar-refractivity contribution < 1.29 is 0 Å². The van der Waals surface area contributed by atoms with Crippen LogP contribution in [0.3, 0.4) is 0 Å². The average Bonchev–Trinajstić information content (AvgIpc) is 2.15. The van der Waals surface area contributed by atoms with Crippen molar-refractivity contribution in [1.82, 2.24) is 4.98 Å².